The van der Waals surface area contributed by atoms with E-state index >= 15 is 0 Å². The van der Waals surface area contributed by atoms with Crippen LogP contribution in [0.5, 0.6) is 0 Å². The fourth-order valence-electron chi connectivity index (χ4n) is 3.13. The van der Waals surface area contributed by atoms with Gasteiger partial charge in [0.1, 0.15) is 5.82 Å². The van der Waals surface area contributed by atoms with Crippen LogP contribution in [0.1, 0.15) is 28.2 Å². The van der Waals surface area contributed by atoms with Crippen molar-refractivity contribution >= 4 is 5.91 Å². The molecule has 0 bridgehead atoms. The molecule has 0 radical (unpaired) electrons. The summed E-state index contributed by atoms with van der Waals surface area (Å²) in [6.07, 6.45) is 0.842. The molecule has 116 valence electrons. The van der Waals surface area contributed by atoms with Gasteiger partial charge in [0.05, 0.1) is 5.56 Å². The summed E-state index contributed by atoms with van der Waals surface area (Å²) >= 11 is 0. The first-order valence-electron chi connectivity index (χ1n) is 7.47. The zero-order valence-electron chi connectivity index (χ0n) is 12.8. The second-order valence-electron chi connectivity index (χ2n) is 5.90. The second kappa shape index (κ2) is 5.57. The van der Waals surface area contributed by atoms with E-state index in [2.05, 4.69) is 0 Å². The summed E-state index contributed by atoms with van der Waals surface area (Å²) in [5.41, 5.74) is 9.01. The predicted molar refractivity (Wildman–Crippen MR) is 83.7 cm³/mol. The fourth-order valence-corrected chi connectivity index (χ4v) is 3.13. The number of hydrogen-bond acceptors (Lipinski definition) is 2. The number of rotatable bonds is 2. The zero-order valence-corrected chi connectivity index (χ0v) is 12.8. The lowest BCUT2D eigenvalue weighted by atomic mass is 10.2. The van der Waals surface area contributed by atoms with Crippen molar-refractivity contribution in [1.29, 1.82) is 0 Å². The van der Waals surface area contributed by atoms with Gasteiger partial charge in [-0.25, -0.2) is 4.39 Å². The standard InChI is InChI=1S/C17H20FN3O/c1-11-8-16(17(22)20-7-6-14(19)10-20)12(2)21(11)15-5-3-4-13(18)9-15/h3-5,8-9,14H,6-7,10,19H2,1-2H3/t14-/m1/s1. The average Bonchev–Trinajstić information content (AvgIpc) is 3.02. The van der Waals surface area contributed by atoms with Crippen molar-refractivity contribution in [2.24, 2.45) is 5.73 Å². The van der Waals surface area contributed by atoms with Crippen LogP contribution >= 0.6 is 0 Å². The number of benzene rings is 1. The summed E-state index contributed by atoms with van der Waals surface area (Å²) in [5.74, 6) is -0.285. The van der Waals surface area contributed by atoms with Crippen molar-refractivity contribution < 1.29 is 9.18 Å². The van der Waals surface area contributed by atoms with Gasteiger partial charge < -0.3 is 15.2 Å². The molecule has 2 N–H and O–H groups in total. The van der Waals surface area contributed by atoms with Crippen molar-refractivity contribution in [3.63, 3.8) is 0 Å². The third-order valence-corrected chi connectivity index (χ3v) is 4.24. The third kappa shape index (κ3) is 2.52. The van der Waals surface area contributed by atoms with Crippen molar-refractivity contribution in [1.82, 2.24) is 9.47 Å². The van der Waals surface area contributed by atoms with Crippen LogP contribution in [0.25, 0.3) is 5.69 Å². The SMILES string of the molecule is Cc1cc(C(=O)N2CC[C@@H](N)C2)c(C)n1-c1cccc(F)c1. The smallest absolute Gasteiger partial charge is 0.255 e. The quantitative estimate of drug-likeness (QED) is 0.926. The molecule has 1 aliphatic heterocycles. The van der Waals surface area contributed by atoms with Crippen LogP contribution in [0.15, 0.2) is 30.3 Å². The van der Waals surface area contributed by atoms with E-state index in [1.54, 1.807) is 11.0 Å². The second-order valence-corrected chi connectivity index (χ2v) is 5.90. The Morgan fingerprint density at radius 2 is 2.09 bits per heavy atom. The molecule has 4 nitrogen and oxygen atoms in total. The number of halogens is 1. The van der Waals surface area contributed by atoms with Crippen LogP contribution < -0.4 is 5.73 Å². The Morgan fingerprint density at radius 3 is 2.73 bits per heavy atom. The Labute approximate surface area is 129 Å². The van der Waals surface area contributed by atoms with Crippen LogP contribution in [0, 0.1) is 19.7 Å². The van der Waals surface area contributed by atoms with Gasteiger partial charge in [0, 0.05) is 36.2 Å². The molecule has 22 heavy (non-hydrogen) atoms. The van der Waals surface area contributed by atoms with Crippen molar-refractivity contribution in [2.75, 3.05) is 13.1 Å². The molecule has 3 rings (SSSR count). The Balaban J connectivity index is 1.98. The maximum absolute atomic E-state index is 13.5. The van der Waals surface area contributed by atoms with Crippen LogP contribution in [-0.2, 0) is 0 Å². The zero-order chi connectivity index (χ0) is 15.9. The van der Waals surface area contributed by atoms with Crippen LogP contribution in [0.2, 0.25) is 0 Å². The molecule has 0 aliphatic carbocycles. The molecule has 1 aromatic heterocycles. The molecule has 1 amide bonds. The highest BCUT2D eigenvalue weighted by Crippen LogP contribution is 2.23. The summed E-state index contributed by atoms with van der Waals surface area (Å²) in [6.45, 7) is 5.11. The number of carbonyl (C=O) groups is 1. The largest absolute Gasteiger partial charge is 0.337 e. The number of hydrogen-bond donors (Lipinski definition) is 1. The Hall–Kier alpha value is -2.14. The van der Waals surface area contributed by atoms with Gasteiger partial charge in [-0.05, 0) is 44.5 Å². The van der Waals surface area contributed by atoms with Crippen LogP contribution in [-0.4, -0.2) is 34.5 Å². The molecular formula is C17H20FN3O. The van der Waals surface area contributed by atoms with Gasteiger partial charge in [-0.1, -0.05) is 6.07 Å². The summed E-state index contributed by atoms with van der Waals surface area (Å²) in [4.78, 5) is 14.5. The highest BCUT2D eigenvalue weighted by Gasteiger charge is 2.27. The van der Waals surface area contributed by atoms with Crippen molar-refractivity contribution in [2.45, 2.75) is 26.3 Å². The van der Waals surface area contributed by atoms with E-state index in [0.29, 0.717) is 18.7 Å². The topological polar surface area (TPSA) is 51.3 Å². The molecule has 1 atom stereocenters. The summed E-state index contributed by atoms with van der Waals surface area (Å²) in [5, 5.41) is 0. The number of nitrogens with zero attached hydrogens (tertiary/aromatic N) is 2. The molecular weight excluding hydrogens is 281 g/mol. The number of carbonyl (C=O) groups excluding carboxylic acids is 1. The minimum Gasteiger partial charge on any atom is -0.337 e. The van der Waals surface area contributed by atoms with E-state index in [4.69, 9.17) is 5.73 Å². The number of aryl methyl sites for hydroxylation is 1. The summed E-state index contributed by atoms with van der Waals surface area (Å²) in [6, 6.07) is 8.32. The van der Waals surface area contributed by atoms with Gasteiger partial charge in [-0.15, -0.1) is 0 Å². The molecule has 5 heteroatoms. The molecule has 0 spiro atoms. The maximum Gasteiger partial charge on any atom is 0.255 e. The lowest BCUT2D eigenvalue weighted by molar-refractivity contribution is 0.0790. The molecule has 2 heterocycles. The van der Waals surface area contributed by atoms with E-state index in [0.717, 1.165) is 23.5 Å². The maximum atomic E-state index is 13.5. The third-order valence-electron chi connectivity index (χ3n) is 4.24. The number of nitrogens with two attached hydrogens (primary N) is 1. The molecule has 1 aliphatic rings. The Bertz CT molecular complexity index is 723. The van der Waals surface area contributed by atoms with Gasteiger partial charge in [0.2, 0.25) is 0 Å². The minimum atomic E-state index is -0.289. The number of amides is 1. The molecule has 0 saturated carbocycles. The van der Waals surface area contributed by atoms with Gasteiger partial charge in [-0.3, -0.25) is 4.79 Å². The van der Waals surface area contributed by atoms with E-state index < -0.39 is 0 Å². The van der Waals surface area contributed by atoms with E-state index in [9.17, 15) is 9.18 Å². The van der Waals surface area contributed by atoms with Gasteiger partial charge >= 0.3 is 0 Å². The first-order valence-corrected chi connectivity index (χ1v) is 7.47. The summed E-state index contributed by atoms with van der Waals surface area (Å²) in [7, 11) is 0. The highest BCUT2D eigenvalue weighted by molar-refractivity contribution is 5.96. The molecule has 1 fully saturated rings. The Kier molecular flexibility index (Phi) is 3.74. The Morgan fingerprint density at radius 1 is 1.32 bits per heavy atom. The number of aromatic nitrogens is 1. The molecule has 1 saturated heterocycles. The highest BCUT2D eigenvalue weighted by atomic mass is 19.1. The number of likely N-dealkylation sites (tertiary alicyclic amines) is 1. The van der Waals surface area contributed by atoms with E-state index in [-0.39, 0.29) is 17.8 Å². The van der Waals surface area contributed by atoms with E-state index in [1.807, 2.05) is 30.5 Å². The van der Waals surface area contributed by atoms with E-state index in [1.165, 1.54) is 12.1 Å². The monoisotopic (exact) mass is 301 g/mol. The minimum absolute atomic E-state index is 0.00343. The van der Waals surface area contributed by atoms with Crippen molar-refractivity contribution in [3.05, 3.63) is 53.1 Å². The first-order chi connectivity index (χ1) is 10.5. The van der Waals surface area contributed by atoms with Crippen molar-refractivity contribution in [3.8, 4) is 5.69 Å². The van der Waals surface area contributed by atoms with Gasteiger partial charge in [0.25, 0.3) is 5.91 Å². The first kappa shape index (κ1) is 14.8. The molecule has 1 aromatic carbocycles. The van der Waals surface area contributed by atoms with Gasteiger partial charge in [-0.2, -0.15) is 0 Å². The summed E-state index contributed by atoms with van der Waals surface area (Å²) < 4.78 is 15.4. The van der Waals surface area contributed by atoms with Crippen LogP contribution in [0.3, 0.4) is 0 Å². The predicted octanol–water partition coefficient (Wildman–Crippen LogP) is 2.41. The normalized spacial score (nSPS) is 18.0. The molecule has 2 aromatic rings. The lowest BCUT2D eigenvalue weighted by Crippen LogP contribution is -2.32. The average molecular weight is 301 g/mol. The lowest BCUT2D eigenvalue weighted by Gasteiger charge is -2.16. The molecule has 0 unspecified atom stereocenters. The fraction of sp³-hybridized carbons (Fsp3) is 0.353. The van der Waals surface area contributed by atoms with Crippen LogP contribution in [0.4, 0.5) is 4.39 Å². The van der Waals surface area contributed by atoms with Gasteiger partial charge in [0.15, 0.2) is 0 Å².